The van der Waals surface area contributed by atoms with Crippen LogP contribution in [0.3, 0.4) is 0 Å². The van der Waals surface area contributed by atoms with Gasteiger partial charge in [0.2, 0.25) is 0 Å². The van der Waals surface area contributed by atoms with Crippen molar-refractivity contribution in [1.29, 1.82) is 0 Å². The fourth-order valence-electron chi connectivity index (χ4n) is 1.67. The summed E-state index contributed by atoms with van der Waals surface area (Å²) in [5.41, 5.74) is 2.31. The monoisotopic (exact) mass is 232 g/mol. The van der Waals surface area contributed by atoms with Crippen LogP contribution in [0.2, 0.25) is 0 Å². The van der Waals surface area contributed by atoms with Gasteiger partial charge in [0.25, 0.3) is 0 Å². The van der Waals surface area contributed by atoms with Crippen molar-refractivity contribution in [2.75, 3.05) is 7.05 Å². The zero-order valence-electron chi connectivity index (χ0n) is 9.82. The van der Waals surface area contributed by atoms with Crippen LogP contribution in [0.25, 0.3) is 11.3 Å². The molecule has 1 aromatic carbocycles. The fraction of sp³-hybridized carbons (Fsp3) is 0.308. The molecule has 16 heavy (non-hydrogen) atoms. The van der Waals surface area contributed by atoms with Crippen LogP contribution >= 0.6 is 11.3 Å². The molecule has 2 aromatic rings. The largest absolute Gasteiger partial charge is 0.312 e. The third-order valence-electron chi connectivity index (χ3n) is 2.63. The third kappa shape index (κ3) is 2.15. The SMILES string of the molecule is CNC(C)c1sc(C)nc1-c1ccccc1. The quantitative estimate of drug-likeness (QED) is 0.877. The molecule has 2 rings (SSSR count). The van der Waals surface area contributed by atoms with Gasteiger partial charge in [0.1, 0.15) is 0 Å². The van der Waals surface area contributed by atoms with Crippen molar-refractivity contribution in [2.45, 2.75) is 19.9 Å². The maximum absolute atomic E-state index is 4.63. The molecule has 0 fully saturated rings. The third-order valence-corrected chi connectivity index (χ3v) is 3.79. The summed E-state index contributed by atoms with van der Waals surface area (Å²) in [5, 5.41) is 4.40. The van der Waals surface area contributed by atoms with Crippen molar-refractivity contribution in [1.82, 2.24) is 10.3 Å². The van der Waals surface area contributed by atoms with Crippen molar-refractivity contribution >= 4 is 11.3 Å². The lowest BCUT2D eigenvalue weighted by molar-refractivity contribution is 0.664. The Bertz CT molecular complexity index is 462. The van der Waals surface area contributed by atoms with Gasteiger partial charge < -0.3 is 5.32 Å². The van der Waals surface area contributed by atoms with Gasteiger partial charge in [-0.3, -0.25) is 0 Å². The number of rotatable bonds is 3. The number of aryl methyl sites for hydroxylation is 1. The van der Waals surface area contributed by atoms with E-state index < -0.39 is 0 Å². The molecule has 2 nitrogen and oxygen atoms in total. The van der Waals surface area contributed by atoms with Gasteiger partial charge in [-0.2, -0.15) is 0 Å². The van der Waals surface area contributed by atoms with Gasteiger partial charge in [-0.1, -0.05) is 30.3 Å². The smallest absolute Gasteiger partial charge is 0.0905 e. The summed E-state index contributed by atoms with van der Waals surface area (Å²) < 4.78 is 0. The van der Waals surface area contributed by atoms with Crippen LogP contribution in [0.4, 0.5) is 0 Å². The van der Waals surface area contributed by atoms with Crippen LogP contribution in [-0.2, 0) is 0 Å². The second-order valence-corrected chi connectivity index (χ2v) is 5.06. The minimum absolute atomic E-state index is 0.349. The highest BCUT2D eigenvalue weighted by atomic mass is 32.1. The van der Waals surface area contributed by atoms with Crippen LogP contribution in [-0.4, -0.2) is 12.0 Å². The average Bonchev–Trinajstić information content (AvgIpc) is 2.71. The first-order valence-corrected chi connectivity index (χ1v) is 6.24. The van der Waals surface area contributed by atoms with E-state index >= 15 is 0 Å². The minimum Gasteiger partial charge on any atom is -0.312 e. The first-order chi connectivity index (χ1) is 7.72. The van der Waals surface area contributed by atoms with E-state index in [0.29, 0.717) is 6.04 Å². The fourth-order valence-corrected chi connectivity index (χ4v) is 2.68. The Morgan fingerprint density at radius 3 is 2.56 bits per heavy atom. The molecule has 1 unspecified atom stereocenters. The van der Waals surface area contributed by atoms with Gasteiger partial charge in [-0.15, -0.1) is 11.3 Å². The Kier molecular flexibility index (Phi) is 3.36. The van der Waals surface area contributed by atoms with E-state index in [1.165, 1.54) is 10.4 Å². The summed E-state index contributed by atoms with van der Waals surface area (Å²) in [6.45, 7) is 4.22. The number of nitrogens with one attached hydrogen (secondary N) is 1. The average molecular weight is 232 g/mol. The second kappa shape index (κ2) is 4.76. The molecule has 0 radical (unpaired) electrons. The molecule has 1 heterocycles. The summed E-state index contributed by atoms with van der Waals surface area (Å²) in [4.78, 5) is 5.94. The first-order valence-electron chi connectivity index (χ1n) is 5.42. The first kappa shape index (κ1) is 11.3. The lowest BCUT2D eigenvalue weighted by atomic mass is 10.1. The molecule has 0 bridgehead atoms. The standard InChI is InChI=1S/C13H16N2S/c1-9(14-3)13-12(15-10(2)16-13)11-7-5-4-6-8-11/h4-9,14H,1-3H3. The normalized spacial score (nSPS) is 12.7. The molecule has 3 heteroatoms. The second-order valence-electron chi connectivity index (χ2n) is 3.82. The van der Waals surface area contributed by atoms with Gasteiger partial charge >= 0.3 is 0 Å². The summed E-state index contributed by atoms with van der Waals surface area (Å²) in [5.74, 6) is 0. The Hall–Kier alpha value is -1.19. The van der Waals surface area contributed by atoms with Crippen molar-refractivity contribution in [3.05, 3.63) is 40.2 Å². The molecular weight excluding hydrogens is 216 g/mol. The summed E-state index contributed by atoms with van der Waals surface area (Å²) in [7, 11) is 1.98. The van der Waals surface area contributed by atoms with Crippen LogP contribution in [0.15, 0.2) is 30.3 Å². The number of nitrogens with zero attached hydrogens (tertiary/aromatic N) is 1. The Labute approximate surface area is 100 Å². The molecule has 0 spiro atoms. The van der Waals surface area contributed by atoms with E-state index in [0.717, 1.165) is 10.7 Å². The molecule has 84 valence electrons. The predicted molar refractivity (Wildman–Crippen MR) is 69.8 cm³/mol. The molecule has 1 atom stereocenters. The van der Waals surface area contributed by atoms with Gasteiger partial charge in [0.15, 0.2) is 0 Å². The summed E-state index contributed by atoms with van der Waals surface area (Å²) in [6, 6.07) is 10.7. The van der Waals surface area contributed by atoms with Gasteiger partial charge in [-0.05, 0) is 20.9 Å². The zero-order valence-corrected chi connectivity index (χ0v) is 10.6. The van der Waals surface area contributed by atoms with Crippen molar-refractivity contribution < 1.29 is 0 Å². The summed E-state index contributed by atoms with van der Waals surface area (Å²) >= 11 is 1.77. The number of thiazole rings is 1. The molecule has 0 aliphatic carbocycles. The van der Waals surface area contributed by atoms with E-state index in [4.69, 9.17) is 0 Å². The lowest BCUT2D eigenvalue weighted by Crippen LogP contribution is -2.11. The van der Waals surface area contributed by atoms with E-state index in [9.17, 15) is 0 Å². The Morgan fingerprint density at radius 2 is 1.94 bits per heavy atom. The molecule has 0 aliphatic heterocycles. The highest BCUT2D eigenvalue weighted by Crippen LogP contribution is 2.32. The van der Waals surface area contributed by atoms with E-state index in [1.807, 2.05) is 13.1 Å². The molecule has 1 N–H and O–H groups in total. The van der Waals surface area contributed by atoms with E-state index in [-0.39, 0.29) is 0 Å². The maximum Gasteiger partial charge on any atom is 0.0905 e. The topological polar surface area (TPSA) is 24.9 Å². The van der Waals surface area contributed by atoms with Crippen molar-refractivity contribution in [2.24, 2.45) is 0 Å². The Morgan fingerprint density at radius 1 is 1.25 bits per heavy atom. The van der Waals surface area contributed by atoms with E-state index in [2.05, 4.69) is 48.4 Å². The number of hydrogen-bond donors (Lipinski definition) is 1. The van der Waals surface area contributed by atoms with Gasteiger partial charge in [-0.25, -0.2) is 4.98 Å². The van der Waals surface area contributed by atoms with Crippen LogP contribution in [0.1, 0.15) is 22.9 Å². The van der Waals surface area contributed by atoms with Crippen LogP contribution in [0.5, 0.6) is 0 Å². The lowest BCUT2D eigenvalue weighted by Gasteiger charge is -2.09. The molecule has 0 aliphatic rings. The highest BCUT2D eigenvalue weighted by molar-refractivity contribution is 7.12. The zero-order chi connectivity index (χ0) is 11.5. The van der Waals surface area contributed by atoms with E-state index in [1.54, 1.807) is 11.3 Å². The maximum atomic E-state index is 4.63. The predicted octanol–water partition coefficient (Wildman–Crippen LogP) is 3.40. The van der Waals surface area contributed by atoms with Crippen LogP contribution in [0, 0.1) is 6.92 Å². The van der Waals surface area contributed by atoms with Gasteiger partial charge in [0, 0.05) is 16.5 Å². The molecule has 0 saturated heterocycles. The van der Waals surface area contributed by atoms with Gasteiger partial charge in [0.05, 0.1) is 10.7 Å². The number of hydrogen-bond acceptors (Lipinski definition) is 3. The molecule has 1 aromatic heterocycles. The van der Waals surface area contributed by atoms with Crippen molar-refractivity contribution in [3.8, 4) is 11.3 Å². The highest BCUT2D eigenvalue weighted by Gasteiger charge is 2.15. The van der Waals surface area contributed by atoms with Crippen molar-refractivity contribution in [3.63, 3.8) is 0 Å². The Balaban J connectivity index is 2.48. The number of aromatic nitrogens is 1. The number of benzene rings is 1. The molecule has 0 amide bonds. The molecular formula is C13H16N2S. The molecule has 0 saturated carbocycles. The minimum atomic E-state index is 0.349. The summed E-state index contributed by atoms with van der Waals surface area (Å²) in [6.07, 6.45) is 0. The van der Waals surface area contributed by atoms with Crippen LogP contribution < -0.4 is 5.32 Å².